The predicted octanol–water partition coefficient (Wildman–Crippen LogP) is 2.63. The minimum atomic E-state index is 0.382. The molecule has 0 unspecified atom stereocenters. The maximum Gasteiger partial charge on any atom is 0.00825 e. The summed E-state index contributed by atoms with van der Waals surface area (Å²) in [4.78, 5) is 0. The number of hydrogen-bond donors (Lipinski definition) is 1. The minimum absolute atomic E-state index is 0.382. The Morgan fingerprint density at radius 3 is 2.79 bits per heavy atom. The molecule has 0 fully saturated rings. The third-order valence-corrected chi connectivity index (χ3v) is 3.16. The van der Waals surface area contributed by atoms with E-state index in [2.05, 4.69) is 32.0 Å². The summed E-state index contributed by atoms with van der Waals surface area (Å²) in [5.41, 5.74) is 10.4. The van der Waals surface area contributed by atoms with Crippen molar-refractivity contribution in [2.75, 3.05) is 0 Å². The van der Waals surface area contributed by atoms with E-state index in [4.69, 9.17) is 5.73 Å². The first-order chi connectivity index (χ1) is 6.66. The molecule has 0 aliphatic heterocycles. The molecule has 0 saturated carbocycles. The third-order valence-electron chi connectivity index (χ3n) is 3.16. The Morgan fingerprint density at radius 2 is 2.07 bits per heavy atom. The lowest BCUT2D eigenvalue weighted by Crippen LogP contribution is -2.27. The Kier molecular flexibility index (Phi) is 2.60. The van der Waals surface area contributed by atoms with Gasteiger partial charge in [0.2, 0.25) is 0 Å². The molecule has 2 N–H and O–H groups in total. The molecule has 76 valence electrons. The number of hydrogen-bond acceptors (Lipinski definition) is 1. The number of fused-ring (bicyclic) bond motifs is 1. The van der Waals surface area contributed by atoms with E-state index in [0.29, 0.717) is 12.0 Å². The van der Waals surface area contributed by atoms with E-state index in [1.54, 1.807) is 0 Å². The van der Waals surface area contributed by atoms with E-state index in [1.807, 2.05) is 0 Å². The molecule has 1 aromatic carbocycles. The molecule has 1 aromatic rings. The Morgan fingerprint density at radius 1 is 1.29 bits per heavy atom. The molecule has 1 heteroatoms. The summed E-state index contributed by atoms with van der Waals surface area (Å²) in [6, 6.07) is 7.27. The van der Waals surface area contributed by atoms with Crippen LogP contribution in [0.2, 0.25) is 0 Å². The van der Waals surface area contributed by atoms with Crippen LogP contribution in [-0.2, 0) is 12.8 Å². The lowest BCUT2D eigenvalue weighted by molar-refractivity contribution is 0.575. The topological polar surface area (TPSA) is 26.0 Å². The number of benzene rings is 1. The van der Waals surface area contributed by atoms with E-state index in [1.165, 1.54) is 16.7 Å². The zero-order valence-electron chi connectivity index (χ0n) is 9.09. The van der Waals surface area contributed by atoms with Gasteiger partial charge < -0.3 is 5.73 Å². The summed E-state index contributed by atoms with van der Waals surface area (Å²) in [5.74, 6) is 0.635. The molecule has 1 aliphatic rings. The SMILES string of the molecule is CC(C)c1ccc2c(c1)CC[C@H](N)C2. The van der Waals surface area contributed by atoms with Crippen LogP contribution in [0.3, 0.4) is 0 Å². The van der Waals surface area contributed by atoms with E-state index in [0.717, 1.165) is 19.3 Å². The summed E-state index contributed by atoms with van der Waals surface area (Å²) in [6.45, 7) is 4.49. The van der Waals surface area contributed by atoms with Gasteiger partial charge in [-0.1, -0.05) is 32.0 Å². The first-order valence-electron chi connectivity index (χ1n) is 5.54. The van der Waals surface area contributed by atoms with Crippen LogP contribution in [0.25, 0.3) is 0 Å². The van der Waals surface area contributed by atoms with Crippen LogP contribution in [0.15, 0.2) is 18.2 Å². The molecule has 0 saturated heterocycles. The summed E-state index contributed by atoms with van der Waals surface area (Å²) in [6.07, 6.45) is 3.37. The number of aryl methyl sites for hydroxylation is 1. The maximum atomic E-state index is 5.95. The van der Waals surface area contributed by atoms with Crippen LogP contribution in [0, 0.1) is 0 Å². The molecule has 0 spiro atoms. The molecular weight excluding hydrogens is 170 g/mol. The molecule has 1 atom stereocenters. The first kappa shape index (κ1) is 9.72. The third kappa shape index (κ3) is 1.83. The standard InChI is InChI=1S/C13H19N/c1-9(2)10-3-4-12-8-13(14)6-5-11(12)7-10/h3-4,7,9,13H,5-6,8,14H2,1-2H3/t13-/m0/s1. The zero-order chi connectivity index (χ0) is 10.1. The van der Waals surface area contributed by atoms with Gasteiger partial charge in [0.05, 0.1) is 0 Å². The quantitative estimate of drug-likeness (QED) is 0.722. The van der Waals surface area contributed by atoms with E-state index in [-0.39, 0.29) is 0 Å². The summed E-state index contributed by atoms with van der Waals surface area (Å²) in [7, 11) is 0. The van der Waals surface area contributed by atoms with E-state index < -0.39 is 0 Å². The summed E-state index contributed by atoms with van der Waals surface area (Å²) in [5, 5.41) is 0. The van der Waals surface area contributed by atoms with Crippen LogP contribution >= 0.6 is 0 Å². The molecule has 0 amide bonds. The minimum Gasteiger partial charge on any atom is -0.327 e. The molecule has 0 bridgehead atoms. The van der Waals surface area contributed by atoms with Gasteiger partial charge >= 0.3 is 0 Å². The van der Waals surface area contributed by atoms with Gasteiger partial charge in [-0.15, -0.1) is 0 Å². The Bertz CT molecular complexity index is 328. The zero-order valence-corrected chi connectivity index (χ0v) is 9.09. The summed E-state index contributed by atoms with van der Waals surface area (Å²) < 4.78 is 0. The highest BCUT2D eigenvalue weighted by molar-refractivity contribution is 5.35. The van der Waals surface area contributed by atoms with Gasteiger partial charge in [0, 0.05) is 6.04 Å². The Balaban J connectivity index is 2.31. The van der Waals surface area contributed by atoms with Crippen molar-refractivity contribution in [3.8, 4) is 0 Å². The molecule has 14 heavy (non-hydrogen) atoms. The van der Waals surface area contributed by atoms with Gasteiger partial charge in [0.15, 0.2) is 0 Å². The van der Waals surface area contributed by atoms with Crippen molar-refractivity contribution in [3.05, 3.63) is 34.9 Å². The molecule has 1 aliphatic carbocycles. The second kappa shape index (κ2) is 3.74. The molecule has 0 aromatic heterocycles. The van der Waals surface area contributed by atoms with Gasteiger partial charge in [-0.25, -0.2) is 0 Å². The van der Waals surface area contributed by atoms with Crippen molar-refractivity contribution in [1.82, 2.24) is 0 Å². The fraction of sp³-hybridized carbons (Fsp3) is 0.538. The maximum absolute atomic E-state index is 5.95. The fourth-order valence-electron chi connectivity index (χ4n) is 2.16. The lowest BCUT2D eigenvalue weighted by Gasteiger charge is -2.22. The molecule has 0 radical (unpaired) electrons. The van der Waals surface area contributed by atoms with Crippen LogP contribution in [0.1, 0.15) is 42.9 Å². The smallest absolute Gasteiger partial charge is 0.00825 e. The van der Waals surface area contributed by atoms with Crippen LogP contribution in [0.5, 0.6) is 0 Å². The van der Waals surface area contributed by atoms with Crippen LogP contribution in [0.4, 0.5) is 0 Å². The van der Waals surface area contributed by atoms with Gasteiger partial charge in [0.25, 0.3) is 0 Å². The average Bonchev–Trinajstić information content (AvgIpc) is 2.16. The highest BCUT2D eigenvalue weighted by atomic mass is 14.6. The number of rotatable bonds is 1. The monoisotopic (exact) mass is 189 g/mol. The Labute approximate surface area is 86.3 Å². The molecule has 0 heterocycles. The first-order valence-corrected chi connectivity index (χ1v) is 5.54. The average molecular weight is 189 g/mol. The van der Waals surface area contributed by atoms with Crippen molar-refractivity contribution in [2.45, 2.75) is 45.1 Å². The fourth-order valence-corrected chi connectivity index (χ4v) is 2.16. The molecule has 1 nitrogen and oxygen atoms in total. The van der Waals surface area contributed by atoms with E-state index in [9.17, 15) is 0 Å². The van der Waals surface area contributed by atoms with Crippen molar-refractivity contribution in [1.29, 1.82) is 0 Å². The van der Waals surface area contributed by atoms with Crippen molar-refractivity contribution in [2.24, 2.45) is 5.73 Å². The highest BCUT2D eigenvalue weighted by Gasteiger charge is 2.15. The van der Waals surface area contributed by atoms with Gasteiger partial charge in [0.1, 0.15) is 0 Å². The second-order valence-corrected chi connectivity index (χ2v) is 4.69. The molecule has 2 rings (SSSR count). The van der Waals surface area contributed by atoms with Crippen molar-refractivity contribution in [3.63, 3.8) is 0 Å². The largest absolute Gasteiger partial charge is 0.327 e. The van der Waals surface area contributed by atoms with Gasteiger partial charge in [-0.2, -0.15) is 0 Å². The van der Waals surface area contributed by atoms with Crippen LogP contribution < -0.4 is 5.73 Å². The van der Waals surface area contributed by atoms with Gasteiger partial charge in [-0.3, -0.25) is 0 Å². The normalized spacial score (nSPS) is 21.0. The van der Waals surface area contributed by atoms with Crippen molar-refractivity contribution < 1.29 is 0 Å². The van der Waals surface area contributed by atoms with Crippen LogP contribution in [-0.4, -0.2) is 6.04 Å². The Hall–Kier alpha value is -0.820. The highest BCUT2D eigenvalue weighted by Crippen LogP contribution is 2.24. The second-order valence-electron chi connectivity index (χ2n) is 4.69. The van der Waals surface area contributed by atoms with Crippen molar-refractivity contribution >= 4 is 0 Å². The van der Waals surface area contributed by atoms with E-state index >= 15 is 0 Å². The predicted molar refractivity (Wildman–Crippen MR) is 60.5 cm³/mol. The summed E-state index contributed by atoms with van der Waals surface area (Å²) >= 11 is 0. The lowest BCUT2D eigenvalue weighted by atomic mass is 9.86. The molecular formula is C13H19N. The van der Waals surface area contributed by atoms with Gasteiger partial charge in [-0.05, 0) is 41.9 Å². The number of nitrogens with two attached hydrogens (primary N) is 1.